The molecule has 1 aromatic rings. The number of rotatable bonds is 3. The van der Waals surface area contributed by atoms with E-state index in [0.717, 1.165) is 6.42 Å². The molecule has 0 aliphatic carbocycles. The molecule has 2 heterocycles. The number of hydrogen-bond donors (Lipinski definition) is 1. The molecule has 1 aliphatic rings. The molecule has 1 fully saturated rings. The fraction of sp³-hybridized carbons (Fsp3) is 0.500. The predicted octanol–water partition coefficient (Wildman–Crippen LogP) is 1.25. The zero-order valence-electron chi connectivity index (χ0n) is 9.84. The summed E-state index contributed by atoms with van der Waals surface area (Å²) < 4.78 is 26.7. The molecule has 0 spiro atoms. The highest BCUT2D eigenvalue weighted by molar-refractivity contribution is 9.10. The first-order valence-corrected chi connectivity index (χ1v) is 7.55. The third-order valence-electron chi connectivity index (χ3n) is 2.88. The van der Waals surface area contributed by atoms with Crippen LogP contribution in [-0.2, 0) is 10.0 Å². The molecule has 5 nitrogen and oxygen atoms in total. The van der Waals surface area contributed by atoms with Gasteiger partial charge < -0.3 is 5.32 Å². The highest BCUT2D eigenvalue weighted by Gasteiger charge is 2.32. The van der Waals surface area contributed by atoms with Gasteiger partial charge >= 0.3 is 0 Å². The average molecular weight is 357 g/mol. The zero-order chi connectivity index (χ0) is 12.5. The zero-order valence-corrected chi connectivity index (χ0v) is 13.1. The highest BCUT2D eigenvalue weighted by atomic mass is 79.9. The molecule has 1 N–H and O–H groups in total. The second kappa shape index (κ2) is 6.29. The molecule has 1 aromatic heterocycles. The van der Waals surface area contributed by atoms with Crippen LogP contribution in [0.3, 0.4) is 0 Å². The summed E-state index contributed by atoms with van der Waals surface area (Å²) in [7, 11) is -1.55. The number of nitrogens with zero attached hydrogens (tertiary/aromatic N) is 2. The summed E-state index contributed by atoms with van der Waals surface area (Å²) >= 11 is 3.23. The lowest BCUT2D eigenvalue weighted by Crippen LogP contribution is -2.33. The van der Waals surface area contributed by atoms with E-state index in [1.54, 1.807) is 12.3 Å². The maximum Gasteiger partial charge on any atom is 0.244 e. The molecule has 1 aliphatic heterocycles. The SMILES string of the molecule is CNC1CCN(S(=O)(=O)c2cncc(Br)c2)C1.Cl. The van der Waals surface area contributed by atoms with Crippen molar-refractivity contribution in [2.45, 2.75) is 17.4 Å². The molecule has 0 saturated carbocycles. The first kappa shape index (κ1) is 15.8. The smallest absolute Gasteiger partial charge is 0.244 e. The van der Waals surface area contributed by atoms with Gasteiger partial charge in [-0.15, -0.1) is 12.4 Å². The summed E-state index contributed by atoms with van der Waals surface area (Å²) in [5.41, 5.74) is 0. The molecule has 1 atom stereocenters. The summed E-state index contributed by atoms with van der Waals surface area (Å²) in [6.07, 6.45) is 3.80. The minimum Gasteiger partial charge on any atom is -0.316 e. The summed E-state index contributed by atoms with van der Waals surface area (Å²) in [6, 6.07) is 1.82. The lowest BCUT2D eigenvalue weighted by Gasteiger charge is -2.16. The normalized spacial score (nSPS) is 20.7. The molecule has 0 bridgehead atoms. The molecule has 1 saturated heterocycles. The van der Waals surface area contributed by atoms with Crippen LogP contribution >= 0.6 is 28.3 Å². The van der Waals surface area contributed by atoms with E-state index in [1.165, 1.54) is 10.5 Å². The molecule has 0 aromatic carbocycles. The van der Waals surface area contributed by atoms with Crippen LogP contribution in [0.5, 0.6) is 0 Å². The second-order valence-electron chi connectivity index (χ2n) is 3.98. The van der Waals surface area contributed by atoms with E-state index in [4.69, 9.17) is 0 Å². The lowest BCUT2D eigenvalue weighted by molar-refractivity contribution is 0.464. The van der Waals surface area contributed by atoms with Crippen molar-refractivity contribution in [3.8, 4) is 0 Å². The largest absolute Gasteiger partial charge is 0.316 e. The third-order valence-corrected chi connectivity index (χ3v) is 5.14. The average Bonchev–Trinajstić information content (AvgIpc) is 2.78. The molecule has 18 heavy (non-hydrogen) atoms. The molecule has 0 radical (unpaired) electrons. The van der Waals surface area contributed by atoms with Crippen LogP contribution in [0.1, 0.15) is 6.42 Å². The molecule has 0 amide bonds. The van der Waals surface area contributed by atoms with Gasteiger partial charge in [-0.25, -0.2) is 8.42 Å². The molecular formula is C10H15BrClN3O2S. The van der Waals surface area contributed by atoms with Crippen LogP contribution in [0.2, 0.25) is 0 Å². The van der Waals surface area contributed by atoms with Crippen molar-refractivity contribution < 1.29 is 8.42 Å². The number of sulfonamides is 1. The maximum absolute atomic E-state index is 12.3. The van der Waals surface area contributed by atoms with Crippen molar-refractivity contribution in [3.63, 3.8) is 0 Å². The Morgan fingerprint density at radius 2 is 2.22 bits per heavy atom. The van der Waals surface area contributed by atoms with Crippen molar-refractivity contribution in [2.75, 3.05) is 20.1 Å². The topological polar surface area (TPSA) is 62.3 Å². The quantitative estimate of drug-likeness (QED) is 0.885. The number of likely N-dealkylation sites (N-methyl/N-ethyl adjacent to an activating group) is 1. The number of aromatic nitrogens is 1. The van der Waals surface area contributed by atoms with Crippen LogP contribution in [0.4, 0.5) is 0 Å². The van der Waals surface area contributed by atoms with Crippen LogP contribution in [0.25, 0.3) is 0 Å². The van der Waals surface area contributed by atoms with Gasteiger partial charge in [-0.05, 0) is 35.5 Å². The van der Waals surface area contributed by atoms with Crippen molar-refractivity contribution in [1.82, 2.24) is 14.6 Å². The van der Waals surface area contributed by atoms with Gasteiger partial charge in [-0.3, -0.25) is 4.98 Å². The Kier molecular flexibility index (Phi) is 5.54. The Balaban J connectivity index is 0.00000162. The first-order valence-electron chi connectivity index (χ1n) is 5.32. The van der Waals surface area contributed by atoms with Crippen LogP contribution in [0, 0.1) is 0 Å². The third kappa shape index (κ3) is 3.21. The minimum absolute atomic E-state index is 0. The maximum atomic E-state index is 12.3. The van der Waals surface area contributed by atoms with Gasteiger partial charge in [-0.2, -0.15) is 4.31 Å². The van der Waals surface area contributed by atoms with Gasteiger partial charge in [0.15, 0.2) is 0 Å². The van der Waals surface area contributed by atoms with Crippen molar-refractivity contribution in [1.29, 1.82) is 0 Å². The van der Waals surface area contributed by atoms with E-state index in [0.29, 0.717) is 17.6 Å². The van der Waals surface area contributed by atoms with E-state index < -0.39 is 10.0 Å². The van der Waals surface area contributed by atoms with E-state index >= 15 is 0 Å². The first-order chi connectivity index (χ1) is 8.04. The van der Waals surface area contributed by atoms with Gasteiger partial charge in [0.05, 0.1) is 0 Å². The van der Waals surface area contributed by atoms with E-state index in [-0.39, 0.29) is 23.3 Å². The summed E-state index contributed by atoms with van der Waals surface area (Å²) in [6.45, 7) is 1.08. The summed E-state index contributed by atoms with van der Waals surface area (Å²) in [5.74, 6) is 0. The molecule has 1 unspecified atom stereocenters. The number of pyridine rings is 1. The summed E-state index contributed by atoms with van der Waals surface area (Å²) in [5, 5.41) is 3.10. The number of halogens is 2. The molecular weight excluding hydrogens is 342 g/mol. The fourth-order valence-corrected chi connectivity index (χ4v) is 3.87. The Morgan fingerprint density at radius 3 is 2.78 bits per heavy atom. The Labute approximate surface area is 122 Å². The summed E-state index contributed by atoms with van der Waals surface area (Å²) in [4.78, 5) is 4.13. The van der Waals surface area contributed by atoms with Crippen molar-refractivity contribution >= 4 is 38.4 Å². The Morgan fingerprint density at radius 1 is 1.50 bits per heavy atom. The molecule has 2 rings (SSSR count). The predicted molar refractivity (Wildman–Crippen MR) is 75.4 cm³/mol. The van der Waals surface area contributed by atoms with Crippen LogP contribution in [-0.4, -0.2) is 43.9 Å². The molecule has 102 valence electrons. The van der Waals surface area contributed by atoms with Gasteiger partial charge in [-0.1, -0.05) is 0 Å². The van der Waals surface area contributed by atoms with E-state index in [1.807, 2.05) is 7.05 Å². The van der Waals surface area contributed by atoms with E-state index in [9.17, 15) is 8.42 Å². The van der Waals surface area contributed by atoms with Gasteiger partial charge in [0, 0.05) is 36.0 Å². The van der Waals surface area contributed by atoms with Gasteiger partial charge in [0.25, 0.3) is 0 Å². The minimum atomic E-state index is -3.40. The second-order valence-corrected chi connectivity index (χ2v) is 6.83. The number of hydrogen-bond acceptors (Lipinski definition) is 4. The molecule has 8 heteroatoms. The van der Waals surface area contributed by atoms with Gasteiger partial charge in [0.2, 0.25) is 10.0 Å². The van der Waals surface area contributed by atoms with Crippen molar-refractivity contribution in [3.05, 3.63) is 22.9 Å². The standard InChI is InChI=1S/C10H14BrN3O2S.ClH/c1-12-9-2-3-14(7-9)17(15,16)10-4-8(11)5-13-6-10;/h4-6,9,12H,2-3,7H2,1H3;1H. The Hall–Kier alpha value is -0.210. The number of nitrogens with one attached hydrogen (secondary N) is 1. The van der Waals surface area contributed by atoms with E-state index in [2.05, 4.69) is 26.2 Å². The van der Waals surface area contributed by atoms with Gasteiger partial charge in [0.1, 0.15) is 4.90 Å². The van der Waals surface area contributed by atoms with Crippen molar-refractivity contribution in [2.24, 2.45) is 0 Å². The highest BCUT2D eigenvalue weighted by Crippen LogP contribution is 2.22. The Bertz CT molecular complexity index is 512. The fourth-order valence-electron chi connectivity index (χ4n) is 1.86. The monoisotopic (exact) mass is 355 g/mol. The van der Waals surface area contributed by atoms with Crippen LogP contribution in [0.15, 0.2) is 27.8 Å². The van der Waals surface area contributed by atoms with Crippen LogP contribution < -0.4 is 5.32 Å². The lowest BCUT2D eigenvalue weighted by atomic mass is 10.3.